The van der Waals surface area contributed by atoms with Gasteiger partial charge in [-0.2, -0.15) is 21.6 Å². The van der Waals surface area contributed by atoms with E-state index in [-0.39, 0.29) is 23.5 Å². The van der Waals surface area contributed by atoms with Crippen LogP contribution in [0, 0.1) is 6.92 Å². The normalized spacial score (nSPS) is 14.6. The number of carbonyl (C=O) groups is 1. The average Bonchev–Trinajstić information content (AvgIpc) is 2.78. The smallest absolute Gasteiger partial charge is 0.465 e. The summed E-state index contributed by atoms with van der Waals surface area (Å²) in [6.07, 6.45) is 0.186. The highest BCUT2D eigenvalue weighted by Crippen LogP contribution is 2.39. The Kier molecular flexibility index (Phi) is 4.18. The maximum Gasteiger partial charge on any atom is 0.534 e. The Labute approximate surface area is 130 Å². The number of hydrogen-bond acceptors (Lipinski definition) is 7. The monoisotopic (exact) mass is 354 g/mol. The minimum absolute atomic E-state index is 0.0109. The zero-order chi connectivity index (χ0) is 17.6. The van der Waals surface area contributed by atoms with E-state index in [1.54, 1.807) is 11.9 Å². The first kappa shape index (κ1) is 17.3. The Bertz CT molecular complexity index is 761. The van der Waals surface area contributed by atoms with Crippen molar-refractivity contribution in [2.24, 2.45) is 0 Å². The number of ether oxygens (including phenoxy) is 1. The molecule has 2 rings (SSSR count). The average molecular weight is 354 g/mol. The molecule has 0 amide bonds. The van der Waals surface area contributed by atoms with Crippen molar-refractivity contribution in [2.75, 3.05) is 25.6 Å². The molecule has 0 radical (unpaired) electrons. The molecule has 128 valence electrons. The summed E-state index contributed by atoms with van der Waals surface area (Å²) >= 11 is 0. The summed E-state index contributed by atoms with van der Waals surface area (Å²) in [6, 6.07) is 0. The first-order valence-electron chi connectivity index (χ1n) is 6.33. The number of likely N-dealkylation sites (N-methyl/N-ethyl adjacent to an activating group) is 1. The van der Waals surface area contributed by atoms with Gasteiger partial charge in [-0.15, -0.1) is 0 Å². The molecule has 1 aliphatic rings. The molecule has 11 heteroatoms. The van der Waals surface area contributed by atoms with Gasteiger partial charge >= 0.3 is 21.6 Å². The zero-order valence-electron chi connectivity index (χ0n) is 12.4. The fourth-order valence-corrected chi connectivity index (χ4v) is 2.71. The third-order valence-corrected chi connectivity index (χ3v) is 4.28. The molecule has 23 heavy (non-hydrogen) atoms. The van der Waals surface area contributed by atoms with Gasteiger partial charge in [0.25, 0.3) is 0 Å². The summed E-state index contributed by atoms with van der Waals surface area (Å²) in [5.41, 5.74) is -5.92. The minimum atomic E-state index is -5.92. The van der Waals surface area contributed by atoms with Crippen LogP contribution in [0.15, 0.2) is 0 Å². The number of fused-ring (bicyclic) bond motifs is 1. The third kappa shape index (κ3) is 2.92. The summed E-state index contributed by atoms with van der Waals surface area (Å²) in [6.45, 7) is 1.75. The van der Waals surface area contributed by atoms with Crippen LogP contribution in [-0.2, 0) is 21.3 Å². The lowest BCUT2D eigenvalue weighted by atomic mass is 10.1. The first-order valence-corrected chi connectivity index (χ1v) is 7.74. The standard InChI is InChI=1S/C12H13F3N2O5S/c1-6-8(11(18)21-3)9(22-23(19,20)12(13,14)15)7-4-5-17(2)10(7)16-6/h4-5H2,1-3H3. The molecular weight excluding hydrogens is 341 g/mol. The second-order valence-electron chi connectivity index (χ2n) is 4.85. The van der Waals surface area contributed by atoms with Crippen molar-refractivity contribution in [3.05, 3.63) is 16.8 Å². The van der Waals surface area contributed by atoms with Crippen LogP contribution in [-0.4, -0.2) is 45.6 Å². The molecule has 0 saturated heterocycles. The predicted octanol–water partition coefficient (Wildman–Crippen LogP) is 1.40. The molecular formula is C12H13F3N2O5S. The van der Waals surface area contributed by atoms with Crippen LogP contribution in [0.25, 0.3) is 0 Å². The highest BCUT2D eigenvalue weighted by molar-refractivity contribution is 7.88. The molecule has 1 aromatic heterocycles. The molecule has 2 heterocycles. The van der Waals surface area contributed by atoms with Crippen LogP contribution in [0.3, 0.4) is 0 Å². The second kappa shape index (κ2) is 5.55. The van der Waals surface area contributed by atoms with Crippen molar-refractivity contribution in [3.8, 4) is 5.75 Å². The highest BCUT2D eigenvalue weighted by atomic mass is 32.2. The van der Waals surface area contributed by atoms with Gasteiger partial charge in [0.1, 0.15) is 11.4 Å². The van der Waals surface area contributed by atoms with E-state index in [0.29, 0.717) is 6.54 Å². The maximum atomic E-state index is 12.6. The van der Waals surface area contributed by atoms with Gasteiger partial charge in [0, 0.05) is 19.2 Å². The number of hydrogen-bond donors (Lipinski definition) is 0. The Hall–Kier alpha value is -2.04. The molecule has 1 aliphatic heterocycles. The zero-order valence-corrected chi connectivity index (χ0v) is 13.2. The van der Waals surface area contributed by atoms with Gasteiger partial charge in [0.2, 0.25) is 0 Å². The van der Waals surface area contributed by atoms with Gasteiger partial charge in [-0.05, 0) is 13.3 Å². The fourth-order valence-electron chi connectivity index (χ4n) is 2.22. The molecule has 0 fully saturated rings. The molecule has 0 spiro atoms. The number of pyridine rings is 1. The number of methoxy groups -OCH3 is 1. The van der Waals surface area contributed by atoms with Gasteiger partial charge in [0.15, 0.2) is 5.75 Å². The van der Waals surface area contributed by atoms with Crippen molar-refractivity contribution in [3.63, 3.8) is 0 Å². The van der Waals surface area contributed by atoms with Crippen LogP contribution < -0.4 is 9.08 Å². The maximum absolute atomic E-state index is 12.6. The first-order chi connectivity index (χ1) is 10.5. The summed E-state index contributed by atoms with van der Waals surface area (Å²) in [4.78, 5) is 17.6. The number of halogens is 3. The third-order valence-electron chi connectivity index (χ3n) is 3.33. The lowest BCUT2D eigenvalue weighted by Gasteiger charge is -2.18. The van der Waals surface area contributed by atoms with E-state index in [9.17, 15) is 26.4 Å². The number of nitrogens with zero attached hydrogens (tertiary/aromatic N) is 2. The summed E-state index contributed by atoms with van der Waals surface area (Å²) in [5, 5.41) is 0. The Morgan fingerprint density at radius 3 is 2.48 bits per heavy atom. The van der Waals surface area contributed by atoms with Crippen LogP contribution in [0.2, 0.25) is 0 Å². The van der Waals surface area contributed by atoms with Crippen molar-refractivity contribution < 1.29 is 35.3 Å². The number of esters is 1. The molecule has 0 bridgehead atoms. The Balaban J connectivity index is 2.70. The van der Waals surface area contributed by atoms with Gasteiger partial charge in [-0.25, -0.2) is 9.78 Å². The van der Waals surface area contributed by atoms with E-state index < -0.39 is 32.9 Å². The van der Waals surface area contributed by atoms with Gasteiger partial charge in [-0.1, -0.05) is 0 Å². The van der Waals surface area contributed by atoms with E-state index in [1.807, 2.05) is 0 Å². The summed E-state index contributed by atoms with van der Waals surface area (Å²) < 4.78 is 69.3. The quantitative estimate of drug-likeness (QED) is 0.461. The topological polar surface area (TPSA) is 85.8 Å². The van der Waals surface area contributed by atoms with Gasteiger partial charge in [-0.3, -0.25) is 0 Å². The molecule has 0 aromatic carbocycles. The molecule has 0 atom stereocenters. The lowest BCUT2D eigenvalue weighted by molar-refractivity contribution is -0.0500. The number of alkyl halides is 3. The van der Waals surface area contributed by atoms with E-state index in [2.05, 4.69) is 13.9 Å². The largest absolute Gasteiger partial charge is 0.534 e. The number of carbonyl (C=O) groups excluding carboxylic acids is 1. The van der Waals surface area contributed by atoms with Crippen LogP contribution in [0.4, 0.5) is 19.0 Å². The van der Waals surface area contributed by atoms with Crippen molar-refractivity contribution in [2.45, 2.75) is 18.9 Å². The van der Waals surface area contributed by atoms with Crippen molar-refractivity contribution in [1.29, 1.82) is 0 Å². The lowest BCUT2D eigenvalue weighted by Crippen LogP contribution is -2.29. The second-order valence-corrected chi connectivity index (χ2v) is 6.39. The SMILES string of the molecule is COC(=O)c1c(C)nc2c(c1OS(=O)(=O)C(F)(F)F)CCN2C. The van der Waals surface area contributed by atoms with E-state index in [1.165, 1.54) is 6.92 Å². The molecule has 0 N–H and O–H groups in total. The van der Waals surface area contributed by atoms with Crippen LogP contribution in [0.1, 0.15) is 21.6 Å². The Morgan fingerprint density at radius 2 is 1.96 bits per heavy atom. The number of anilines is 1. The number of rotatable bonds is 3. The van der Waals surface area contributed by atoms with Crippen molar-refractivity contribution in [1.82, 2.24) is 4.98 Å². The number of aryl methyl sites for hydroxylation is 1. The molecule has 0 unspecified atom stereocenters. The van der Waals surface area contributed by atoms with E-state index in [0.717, 1.165) is 7.11 Å². The fraction of sp³-hybridized carbons (Fsp3) is 0.500. The molecule has 7 nitrogen and oxygen atoms in total. The van der Waals surface area contributed by atoms with Crippen LogP contribution in [0.5, 0.6) is 5.75 Å². The Morgan fingerprint density at radius 1 is 1.35 bits per heavy atom. The summed E-state index contributed by atoms with van der Waals surface area (Å²) in [5.74, 6) is -1.44. The van der Waals surface area contributed by atoms with Gasteiger partial charge < -0.3 is 13.8 Å². The molecule has 1 aromatic rings. The van der Waals surface area contributed by atoms with Gasteiger partial charge in [0.05, 0.1) is 12.8 Å². The summed E-state index contributed by atoms with van der Waals surface area (Å²) in [7, 11) is -3.27. The number of aromatic nitrogens is 1. The predicted molar refractivity (Wildman–Crippen MR) is 72.9 cm³/mol. The van der Waals surface area contributed by atoms with Crippen molar-refractivity contribution >= 4 is 21.9 Å². The van der Waals surface area contributed by atoms with E-state index >= 15 is 0 Å². The molecule has 0 aliphatic carbocycles. The minimum Gasteiger partial charge on any atom is -0.465 e. The van der Waals surface area contributed by atoms with Crippen LogP contribution >= 0.6 is 0 Å². The highest BCUT2D eigenvalue weighted by Gasteiger charge is 2.49. The van der Waals surface area contributed by atoms with E-state index in [4.69, 9.17) is 0 Å². The molecule has 0 saturated carbocycles.